The maximum atomic E-state index is 9.09. The molecule has 0 aliphatic heterocycles. The molecule has 0 aliphatic rings. The molecule has 0 fully saturated rings. The van der Waals surface area contributed by atoms with Crippen molar-refractivity contribution in [2.45, 2.75) is 0 Å². The molecule has 0 spiro atoms. The maximum absolute atomic E-state index is 9.09. The van der Waals surface area contributed by atoms with Crippen LogP contribution in [0.1, 0.15) is 5.56 Å². The summed E-state index contributed by atoms with van der Waals surface area (Å²) >= 11 is 5.88. The molecule has 3 heteroatoms. The first-order chi connectivity index (χ1) is 6.24. The van der Waals surface area contributed by atoms with Crippen LogP contribution in [0.4, 0.5) is 0 Å². The second-order valence-corrected chi connectivity index (χ2v) is 3.07. The highest BCUT2D eigenvalue weighted by Crippen LogP contribution is 2.22. The minimum absolute atomic E-state index is 0.191. The number of nitrogens with one attached hydrogen (secondary N) is 1. The number of aromatic hydroxyl groups is 1. The Hall–Kier alpha value is -0.990. The third-order valence-electron chi connectivity index (χ3n) is 1.60. The Kier molecular flexibility index (Phi) is 3.80. The Morgan fingerprint density at radius 2 is 2.31 bits per heavy atom. The predicted octanol–water partition coefficient (Wildman–Crippen LogP) is 2.28. The van der Waals surface area contributed by atoms with Crippen LogP contribution in [0, 0.1) is 0 Å². The van der Waals surface area contributed by atoms with Gasteiger partial charge in [-0.2, -0.15) is 0 Å². The predicted molar refractivity (Wildman–Crippen MR) is 56.1 cm³/mol. The number of hydrogen-bond acceptors (Lipinski definition) is 2. The van der Waals surface area contributed by atoms with E-state index in [1.54, 1.807) is 12.1 Å². The lowest BCUT2D eigenvalue weighted by Gasteiger charge is -1.98. The first kappa shape index (κ1) is 10.1. The molecule has 1 aromatic rings. The number of rotatable bonds is 3. The Morgan fingerprint density at radius 1 is 1.54 bits per heavy atom. The number of phenols is 1. The first-order valence-corrected chi connectivity index (χ1v) is 4.41. The van der Waals surface area contributed by atoms with Crippen LogP contribution in [0.3, 0.4) is 0 Å². The van der Waals surface area contributed by atoms with E-state index in [1.807, 2.05) is 19.2 Å². The lowest BCUT2D eigenvalue weighted by Crippen LogP contribution is -2.03. The fraction of sp³-hybridized carbons (Fsp3) is 0.200. The highest BCUT2D eigenvalue weighted by Gasteiger charge is 1.96. The fourth-order valence-corrected chi connectivity index (χ4v) is 1.19. The zero-order valence-electron chi connectivity index (χ0n) is 7.42. The molecule has 1 aromatic carbocycles. The van der Waals surface area contributed by atoms with Crippen molar-refractivity contribution in [3.63, 3.8) is 0 Å². The SMILES string of the molecule is CNCC=Cc1ccc(O)cc1Cl. The van der Waals surface area contributed by atoms with E-state index in [1.165, 1.54) is 6.07 Å². The molecule has 2 nitrogen and oxygen atoms in total. The molecule has 0 unspecified atom stereocenters. The van der Waals surface area contributed by atoms with E-state index < -0.39 is 0 Å². The van der Waals surface area contributed by atoms with Gasteiger partial charge in [-0.15, -0.1) is 0 Å². The van der Waals surface area contributed by atoms with Gasteiger partial charge in [-0.3, -0.25) is 0 Å². The Balaban J connectivity index is 2.77. The van der Waals surface area contributed by atoms with Crippen molar-refractivity contribution >= 4 is 17.7 Å². The van der Waals surface area contributed by atoms with Gasteiger partial charge >= 0.3 is 0 Å². The standard InChI is InChI=1S/C10H12ClNO/c1-12-6-2-3-8-4-5-9(13)7-10(8)11/h2-5,7,12-13H,6H2,1H3. The lowest BCUT2D eigenvalue weighted by atomic mass is 10.2. The molecular formula is C10H12ClNO. The summed E-state index contributed by atoms with van der Waals surface area (Å²) in [5.41, 5.74) is 0.912. The highest BCUT2D eigenvalue weighted by molar-refractivity contribution is 6.32. The zero-order valence-corrected chi connectivity index (χ0v) is 8.17. The van der Waals surface area contributed by atoms with Crippen molar-refractivity contribution in [2.24, 2.45) is 0 Å². The molecule has 0 heterocycles. The summed E-state index contributed by atoms with van der Waals surface area (Å²) in [7, 11) is 1.88. The monoisotopic (exact) mass is 197 g/mol. The quantitative estimate of drug-likeness (QED) is 0.779. The van der Waals surface area contributed by atoms with Gasteiger partial charge in [-0.25, -0.2) is 0 Å². The van der Waals surface area contributed by atoms with Gasteiger partial charge in [0.25, 0.3) is 0 Å². The summed E-state index contributed by atoms with van der Waals surface area (Å²) in [5.74, 6) is 0.191. The van der Waals surface area contributed by atoms with Gasteiger partial charge in [0.1, 0.15) is 5.75 Å². The summed E-state index contributed by atoms with van der Waals surface area (Å²) in [4.78, 5) is 0. The molecule has 0 amide bonds. The van der Waals surface area contributed by atoms with Crippen molar-refractivity contribution < 1.29 is 5.11 Å². The van der Waals surface area contributed by atoms with Gasteiger partial charge in [0.05, 0.1) is 5.02 Å². The van der Waals surface area contributed by atoms with E-state index in [0.29, 0.717) is 5.02 Å². The van der Waals surface area contributed by atoms with Crippen LogP contribution >= 0.6 is 11.6 Å². The van der Waals surface area contributed by atoms with Gasteiger partial charge in [0.15, 0.2) is 0 Å². The van der Waals surface area contributed by atoms with Crippen LogP contribution in [0.15, 0.2) is 24.3 Å². The van der Waals surface area contributed by atoms with Crippen molar-refractivity contribution in [1.82, 2.24) is 5.32 Å². The van der Waals surface area contributed by atoms with Crippen molar-refractivity contribution in [1.29, 1.82) is 0 Å². The van der Waals surface area contributed by atoms with E-state index >= 15 is 0 Å². The summed E-state index contributed by atoms with van der Waals surface area (Å²) in [6.45, 7) is 0.803. The van der Waals surface area contributed by atoms with E-state index in [9.17, 15) is 0 Å². The van der Waals surface area contributed by atoms with E-state index in [4.69, 9.17) is 16.7 Å². The van der Waals surface area contributed by atoms with E-state index in [-0.39, 0.29) is 5.75 Å². The van der Waals surface area contributed by atoms with Crippen molar-refractivity contribution in [3.05, 3.63) is 34.9 Å². The average molecular weight is 198 g/mol. The molecule has 13 heavy (non-hydrogen) atoms. The normalized spacial score (nSPS) is 10.9. The van der Waals surface area contributed by atoms with Crippen molar-refractivity contribution in [3.8, 4) is 5.75 Å². The second-order valence-electron chi connectivity index (χ2n) is 2.67. The molecule has 0 radical (unpaired) electrons. The molecular weight excluding hydrogens is 186 g/mol. The summed E-state index contributed by atoms with van der Waals surface area (Å²) in [6, 6.07) is 4.93. The summed E-state index contributed by atoms with van der Waals surface area (Å²) < 4.78 is 0. The minimum atomic E-state index is 0.191. The van der Waals surface area contributed by atoms with Gasteiger partial charge in [-0.05, 0) is 30.8 Å². The number of halogens is 1. The Labute approximate surface area is 82.8 Å². The minimum Gasteiger partial charge on any atom is -0.508 e. The van der Waals surface area contributed by atoms with Gasteiger partial charge in [0.2, 0.25) is 0 Å². The smallest absolute Gasteiger partial charge is 0.117 e. The molecule has 0 saturated heterocycles. The van der Waals surface area contributed by atoms with Gasteiger partial charge in [-0.1, -0.05) is 23.8 Å². The van der Waals surface area contributed by atoms with Crippen LogP contribution in [-0.4, -0.2) is 18.7 Å². The number of benzene rings is 1. The molecule has 70 valence electrons. The molecule has 0 bridgehead atoms. The molecule has 0 aliphatic carbocycles. The molecule has 2 N–H and O–H groups in total. The first-order valence-electron chi connectivity index (χ1n) is 4.03. The largest absolute Gasteiger partial charge is 0.508 e. The zero-order chi connectivity index (χ0) is 9.68. The highest BCUT2D eigenvalue weighted by atomic mass is 35.5. The molecule has 0 atom stereocenters. The molecule has 0 saturated carbocycles. The summed E-state index contributed by atoms with van der Waals surface area (Å²) in [6.07, 6.45) is 3.89. The third-order valence-corrected chi connectivity index (χ3v) is 1.93. The number of phenolic OH excluding ortho intramolecular Hbond substituents is 1. The van der Waals surface area contributed by atoms with Crippen LogP contribution in [0.5, 0.6) is 5.75 Å². The third kappa shape index (κ3) is 3.09. The van der Waals surface area contributed by atoms with Crippen LogP contribution in [0.2, 0.25) is 5.02 Å². The van der Waals surface area contributed by atoms with E-state index in [0.717, 1.165) is 12.1 Å². The Bertz CT molecular complexity index is 310. The van der Waals surface area contributed by atoms with Gasteiger partial charge < -0.3 is 10.4 Å². The van der Waals surface area contributed by atoms with Crippen LogP contribution in [0.25, 0.3) is 6.08 Å². The maximum Gasteiger partial charge on any atom is 0.117 e. The van der Waals surface area contributed by atoms with Crippen LogP contribution < -0.4 is 5.32 Å². The number of hydrogen-bond donors (Lipinski definition) is 2. The number of likely N-dealkylation sites (N-methyl/N-ethyl adjacent to an activating group) is 1. The fourth-order valence-electron chi connectivity index (χ4n) is 0.955. The molecule has 1 rings (SSSR count). The second kappa shape index (κ2) is 4.90. The lowest BCUT2D eigenvalue weighted by molar-refractivity contribution is 0.475. The van der Waals surface area contributed by atoms with Gasteiger partial charge in [0, 0.05) is 6.54 Å². The van der Waals surface area contributed by atoms with Crippen LogP contribution in [-0.2, 0) is 0 Å². The summed E-state index contributed by atoms with van der Waals surface area (Å²) in [5, 5.41) is 12.6. The molecule has 0 aromatic heterocycles. The Morgan fingerprint density at radius 3 is 2.92 bits per heavy atom. The van der Waals surface area contributed by atoms with E-state index in [2.05, 4.69) is 5.32 Å². The average Bonchev–Trinajstić information content (AvgIpc) is 2.09. The topological polar surface area (TPSA) is 32.3 Å². The van der Waals surface area contributed by atoms with Crippen molar-refractivity contribution in [2.75, 3.05) is 13.6 Å².